The molecule has 0 saturated carbocycles. The maximum Gasteiger partial charge on any atom is 0.220 e. The average Bonchev–Trinajstić information content (AvgIpc) is 2.76. The summed E-state index contributed by atoms with van der Waals surface area (Å²) >= 11 is 1.82. The Morgan fingerprint density at radius 1 is 0.629 bits per heavy atom. The van der Waals surface area contributed by atoms with Crippen molar-refractivity contribution in [3.8, 4) is 0 Å². The monoisotopic (exact) mass is 520 g/mol. The first-order valence-electron chi connectivity index (χ1n) is 12.9. The maximum absolute atomic E-state index is 11.7. The van der Waals surface area contributed by atoms with Crippen LogP contribution >= 0.6 is 11.8 Å². The number of nitrogens with one attached hydrogen (secondary N) is 2. The predicted molar refractivity (Wildman–Crippen MR) is 144 cm³/mol. The summed E-state index contributed by atoms with van der Waals surface area (Å²) in [6.45, 7) is 18.3. The molecule has 0 aliphatic rings. The summed E-state index contributed by atoms with van der Waals surface area (Å²) < 4.78 is 21.9. The van der Waals surface area contributed by atoms with E-state index in [2.05, 4.69) is 52.2 Å². The minimum Gasteiger partial charge on any atom is -0.379 e. The van der Waals surface area contributed by atoms with Gasteiger partial charge in [-0.1, -0.05) is 41.5 Å². The fourth-order valence-corrected chi connectivity index (χ4v) is 3.72. The molecule has 2 N–H and O–H groups in total. The van der Waals surface area contributed by atoms with Gasteiger partial charge in [0.25, 0.3) is 0 Å². The summed E-state index contributed by atoms with van der Waals surface area (Å²) in [6.07, 6.45) is 2.80. The summed E-state index contributed by atoms with van der Waals surface area (Å²) in [5.41, 5.74) is 0.482. The highest BCUT2D eigenvalue weighted by molar-refractivity contribution is 7.99. The molecule has 0 spiro atoms. The van der Waals surface area contributed by atoms with Gasteiger partial charge >= 0.3 is 0 Å². The van der Waals surface area contributed by atoms with Gasteiger partial charge in [-0.15, -0.1) is 0 Å². The van der Waals surface area contributed by atoms with E-state index in [1.807, 2.05) is 11.8 Å². The van der Waals surface area contributed by atoms with Crippen LogP contribution in [0.2, 0.25) is 0 Å². The second-order valence-corrected chi connectivity index (χ2v) is 12.0. The van der Waals surface area contributed by atoms with Crippen molar-refractivity contribution in [1.82, 2.24) is 10.6 Å². The van der Waals surface area contributed by atoms with Gasteiger partial charge in [0.15, 0.2) is 0 Å². The van der Waals surface area contributed by atoms with Crippen LogP contribution < -0.4 is 10.6 Å². The maximum atomic E-state index is 11.7. The van der Waals surface area contributed by atoms with Crippen molar-refractivity contribution in [1.29, 1.82) is 0 Å². The Labute approximate surface area is 218 Å². The Morgan fingerprint density at radius 2 is 1.11 bits per heavy atom. The highest BCUT2D eigenvalue weighted by Gasteiger charge is 2.12. The number of rotatable bonds is 22. The lowest BCUT2D eigenvalue weighted by Gasteiger charge is -2.17. The third kappa shape index (κ3) is 29.3. The molecule has 0 atom stereocenters. The van der Waals surface area contributed by atoms with Crippen molar-refractivity contribution >= 4 is 23.6 Å². The molecule has 0 aliphatic carbocycles. The number of thioether (sulfide) groups is 1. The molecular formula is C26H52N2O6S. The van der Waals surface area contributed by atoms with Crippen molar-refractivity contribution in [2.24, 2.45) is 10.8 Å². The minimum atomic E-state index is 0.0748. The third-order valence-corrected chi connectivity index (χ3v) is 6.15. The Bertz CT molecular complexity index is 535. The molecule has 0 radical (unpaired) electrons. The van der Waals surface area contributed by atoms with Crippen LogP contribution in [0.3, 0.4) is 0 Å². The summed E-state index contributed by atoms with van der Waals surface area (Å²) in [6, 6.07) is 0. The summed E-state index contributed by atoms with van der Waals surface area (Å²) in [5.74, 6) is 2.09. The number of amides is 2. The lowest BCUT2D eigenvalue weighted by Crippen LogP contribution is -2.28. The molecule has 0 saturated heterocycles. The molecule has 2 amide bonds. The van der Waals surface area contributed by atoms with Crippen LogP contribution in [0.1, 0.15) is 67.2 Å². The van der Waals surface area contributed by atoms with E-state index in [9.17, 15) is 9.59 Å². The molecule has 0 rings (SSSR count). The lowest BCUT2D eigenvalue weighted by molar-refractivity contribution is -0.122. The molecule has 0 aromatic rings. The second-order valence-electron chi connectivity index (χ2n) is 10.9. The van der Waals surface area contributed by atoms with Gasteiger partial charge in [-0.05, 0) is 29.4 Å². The highest BCUT2D eigenvalue weighted by Crippen LogP contribution is 2.21. The van der Waals surface area contributed by atoms with E-state index in [1.54, 1.807) is 0 Å². The standard InChI is InChI=1S/C26H52N2O6S/c1-25(2,3)10-8-23(29)27-11-7-13-31-15-17-33-19-20-34-18-16-32-14-12-28-24(30)9-21-35-22-26(4,5)6/h7-22H2,1-6H3,(H,27,29)(H,28,30). The SMILES string of the molecule is CC(C)(C)CCC(=O)NCCCOCCOCCOCCOCCNC(=O)CCSCC(C)(C)C. The number of hydrogen-bond acceptors (Lipinski definition) is 7. The van der Waals surface area contributed by atoms with E-state index in [0.717, 1.165) is 24.3 Å². The number of ether oxygens (including phenoxy) is 4. The second kappa shape index (κ2) is 21.2. The van der Waals surface area contributed by atoms with Crippen molar-refractivity contribution in [3.05, 3.63) is 0 Å². The molecule has 0 fully saturated rings. The molecule has 208 valence electrons. The quantitative estimate of drug-likeness (QED) is 0.210. The first-order valence-corrected chi connectivity index (χ1v) is 14.1. The van der Waals surface area contributed by atoms with Crippen molar-refractivity contribution < 1.29 is 28.5 Å². The van der Waals surface area contributed by atoms with Gasteiger partial charge in [0.2, 0.25) is 11.8 Å². The van der Waals surface area contributed by atoms with Crippen molar-refractivity contribution in [2.45, 2.75) is 67.2 Å². The zero-order valence-electron chi connectivity index (χ0n) is 23.2. The lowest BCUT2D eigenvalue weighted by atomic mass is 9.90. The summed E-state index contributed by atoms with van der Waals surface area (Å²) in [5, 5.41) is 5.80. The molecule has 0 aliphatic heterocycles. The normalized spacial score (nSPS) is 12.1. The van der Waals surface area contributed by atoms with Crippen LogP contribution in [-0.2, 0) is 28.5 Å². The molecule has 35 heavy (non-hydrogen) atoms. The summed E-state index contributed by atoms with van der Waals surface area (Å²) in [7, 11) is 0. The fraction of sp³-hybridized carbons (Fsp3) is 0.923. The zero-order valence-corrected chi connectivity index (χ0v) is 24.0. The van der Waals surface area contributed by atoms with Crippen LogP contribution in [0.25, 0.3) is 0 Å². The van der Waals surface area contributed by atoms with Crippen LogP contribution in [0.5, 0.6) is 0 Å². The first kappa shape index (κ1) is 34.1. The van der Waals surface area contributed by atoms with Gasteiger partial charge in [0, 0.05) is 38.3 Å². The minimum absolute atomic E-state index is 0.0748. The number of carbonyl (C=O) groups excluding carboxylic acids is 2. The molecule has 0 bridgehead atoms. The van der Waals surface area contributed by atoms with E-state index in [1.165, 1.54) is 0 Å². The zero-order chi connectivity index (χ0) is 26.4. The predicted octanol–water partition coefficient (Wildman–Crippen LogP) is 3.67. The van der Waals surface area contributed by atoms with Gasteiger partial charge in [-0.2, -0.15) is 11.8 Å². The van der Waals surface area contributed by atoms with Gasteiger partial charge in [-0.25, -0.2) is 0 Å². The van der Waals surface area contributed by atoms with E-state index in [4.69, 9.17) is 18.9 Å². The largest absolute Gasteiger partial charge is 0.379 e. The summed E-state index contributed by atoms with van der Waals surface area (Å²) in [4.78, 5) is 23.5. The van der Waals surface area contributed by atoms with Crippen LogP contribution in [-0.4, -0.2) is 89.3 Å². The van der Waals surface area contributed by atoms with Crippen molar-refractivity contribution in [3.63, 3.8) is 0 Å². The Kier molecular flexibility index (Phi) is 20.7. The first-order chi connectivity index (χ1) is 16.5. The van der Waals surface area contributed by atoms with Crippen molar-refractivity contribution in [2.75, 3.05) is 77.5 Å². The Hall–Kier alpha value is -0.870. The molecule has 8 nitrogen and oxygen atoms in total. The average molecular weight is 521 g/mol. The van der Waals surface area contributed by atoms with Gasteiger partial charge in [0.1, 0.15) is 0 Å². The molecular weight excluding hydrogens is 468 g/mol. The fourth-order valence-electron chi connectivity index (χ4n) is 2.63. The molecule has 9 heteroatoms. The molecule has 0 aromatic heterocycles. The van der Waals surface area contributed by atoms with Crippen LogP contribution in [0, 0.1) is 10.8 Å². The molecule has 0 heterocycles. The smallest absolute Gasteiger partial charge is 0.220 e. The molecule has 0 unspecified atom stereocenters. The third-order valence-electron chi connectivity index (χ3n) is 4.58. The Morgan fingerprint density at radius 3 is 1.66 bits per heavy atom. The van der Waals surface area contributed by atoms with E-state index < -0.39 is 0 Å². The van der Waals surface area contributed by atoms with Gasteiger partial charge < -0.3 is 29.6 Å². The van der Waals surface area contributed by atoms with E-state index >= 15 is 0 Å². The van der Waals surface area contributed by atoms with E-state index in [-0.39, 0.29) is 17.2 Å². The highest BCUT2D eigenvalue weighted by atomic mass is 32.2. The number of carbonyl (C=O) groups is 2. The van der Waals surface area contributed by atoms with Gasteiger partial charge in [0.05, 0.1) is 46.2 Å². The topological polar surface area (TPSA) is 95.1 Å². The van der Waals surface area contributed by atoms with E-state index in [0.29, 0.717) is 84.2 Å². The molecule has 0 aromatic carbocycles. The van der Waals surface area contributed by atoms with Crippen LogP contribution in [0.4, 0.5) is 0 Å². The Balaban J connectivity index is 3.24. The number of hydrogen-bond donors (Lipinski definition) is 2. The van der Waals surface area contributed by atoms with Gasteiger partial charge in [-0.3, -0.25) is 9.59 Å². The van der Waals surface area contributed by atoms with Crippen LogP contribution in [0.15, 0.2) is 0 Å².